The molecule has 0 bridgehead atoms. The number of amides is 1. The number of halogens is 1. The van der Waals surface area contributed by atoms with E-state index in [1.807, 2.05) is 6.92 Å². The van der Waals surface area contributed by atoms with Gasteiger partial charge in [0.2, 0.25) is 5.91 Å². The molecule has 1 atom stereocenters. The van der Waals surface area contributed by atoms with Gasteiger partial charge in [0, 0.05) is 12.1 Å². The quantitative estimate of drug-likeness (QED) is 0.776. The zero-order valence-corrected chi connectivity index (χ0v) is 10.00. The highest BCUT2D eigenvalue weighted by atomic mass is 35.5. The number of phenols is 1. The SMILES string of the molecule is CCC(Cl)CNC(=O)Cc1ccccc1O. The Balaban J connectivity index is 2.43. The number of carbonyl (C=O) groups excluding carboxylic acids is 1. The molecule has 0 aromatic heterocycles. The first kappa shape index (κ1) is 12.8. The Morgan fingerprint density at radius 2 is 2.19 bits per heavy atom. The third kappa shape index (κ3) is 4.11. The largest absolute Gasteiger partial charge is 0.508 e. The number of hydrogen-bond donors (Lipinski definition) is 2. The van der Waals surface area contributed by atoms with Gasteiger partial charge in [-0.1, -0.05) is 25.1 Å². The van der Waals surface area contributed by atoms with E-state index in [2.05, 4.69) is 5.32 Å². The lowest BCUT2D eigenvalue weighted by Gasteiger charge is -2.09. The Hall–Kier alpha value is -1.22. The second-order valence-corrected chi connectivity index (χ2v) is 4.23. The first-order valence-electron chi connectivity index (χ1n) is 5.31. The molecule has 0 fully saturated rings. The van der Waals surface area contributed by atoms with Crippen LogP contribution in [-0.4, -0.2) is 22.9 Å². The number of phenolic OH excluding ortho intramolecular Hbond substituents is 1. The van der Waals surface area contributed by atoms with Gasteiger partial charge in [-0.25, -0.2) is 0 Å². The van der Waals surface area contributed by atoms with Crippen molar-refractivity contribution in [3.63, 3.8) is 0 Å². The topological polar surface area (TPSA) is 49.3 Å². The molecule has 0 spiro atoms. The van der Waals surface area contributed by atoms with Gasteiger partial charge in [0.1, 0.15) is 5.75 Å². The molecule has 0 aliphatic carbocycles. The zero-order chi connectivity index (χ0) is 12.0. The van der Waals surface area contributed by atoms with E-state index in [1.54, 1.807) is 24.3 Å². The van der Waals surface area contributed by atoms with Crippen LogP contribution in [0, 0.1) is 0 Å². The Morgan fingerprint density at radius 1 is 1.50 bits per heavy atom. The van der Waals surface area contributed by atoms with Gasteiger partial charge in [-0.05, 0) is 12.5 Å². The van der Waals surface area contributed by atoms with Gasteiger partial charge in [0.15, 0.2) is 0 Å². The van der Waals surface area contributed by atoms with Gasteiger partial charge < -0.3 is 10.4 Å². The Kier molecular flexibility index (Phi) is 5.12. The Morgan fingerprint density at radius 3 is 2.81 bits per heavy atom. The molecule has 0 saturated carbocycles. The van der Waals surface area contributed by atoms with E-state index in [4.69, 9.17) is 11.6 Å². The number of aromatic hydroxyl groups is 1. The summed E-state index contributed by atoms with van der Waals surface area (Å²) in [4.78, 5) is 11.5. The van der Waals surface area contributed by atoms with E-state index in [-0.39, 0.29) is 23.5 Å². The smallest absolute Gasteiger partial charge is 0.224 e. The minimum atomic E-state index is -0.124. The van der Waals surface area contributed by atoms with Crippen LogP contribution in [0.2, 0.25) is 0 Å². The fourth-order valence-electron chi connectivity index (χ4n) is 1.26. The summed E-state index contributed by atoms with van der Waals surface area (Å²) in [6.45, 7) is 2.43. The minimum Gasteiger partial charge on any atom is -0.508 e. The molecule has 0 radical (unpaired) electrons. The molecule has 1 aromatic carbocycles. The van der Waals surface area contributed by atoms with E-state index in [9.17, 15) is 9.90 Å². The average Bonchev–Trinajstić information content (AvgIpc) is 2.29. The van der Waals surface area contributed by atoms with Crippen LogP contribution in [0.1, 0.15) is 18.9 Å². The molecular weight excluding hydrogens is 226 g/mol. The van der Waals surface area contributed by atoms with Crippen molar-refractivity contribution in [3.8, 4) is 5.75 Å². The first-order valence-corrected chi connectivity index (χ1v) is 5.74. The summed E-state index contributed by atoms with van der Waals surface area (Å²) in [5, 5.41) is 12.2. The molecule has 16 heavy (non-hydrogen) atoms. The van der Waals surface area contributed by atoms with Crippen molar-refractivity contribution in [2.24, 2.45) is 0 Å². The molecule has 1 rings (SSSR count). The van der Waals surface area contributed by atoms with E-state index in [1.165, 1.54) is 0 Å². The molecular formula is C12H16ClNO2. The third-order valence-corrected chi connectivity index (χ3v) is 2.77. The number of carbonyl (C=O) groups is 1. The van der Waals surface area contributed by atoms with E-state index in [0.29, 0.717) is 12.1 Å². The summed E-state index contributed by atoms with van der Waals surface area (Å²) < 4.78 is 0. The molecule has 0 heterocycles. The van der Waals surface area contributed by atoms with Crippen LogP contribution in [0.5, 0.6) is 5.75 Å². The first-order chi connectivity index (χ1) is 7.63. The maximum absolute atomic E-state index is 11.5. The van der Waals surface area contributed by atoms with Crippen molar-refractivity contribution in [2.75, 3.05) is 6.54 Å². The van der Waals surface area contributed by atoms with Crippen molar-refractivity contribution in [1.82, 2.24) is 5.32 Å². The van der Waals surface area contributed by atoms with Crippen molar-refractivity contribution in [2.45, 2.75) is 25.1 Å². The molecule has 4 heteroatoms. The molecule has 0 saturated heterocycles. The summed E-state index contributed by atoms with van der Waals surface area (Å²) in [5.41, 5.74) is 0.627. The maximum Gasteiger partial charge on any atom is 0.224 e. The number of nitrogens with one attached hydrogen (secondary N) is 1. The number of rotatable bonds is 5. The molecule has 0 aliphatic heterocycles. The summed E-state index contributed by atoms with van der Waals surface area (Å²) >= 11 is 5.88. The van der Waals surface area contributed by atoms with Gasteiger partial charge in [-0.3, -0.25) is 4.79 Å². The fourth-order valence-corrected chi connectivity index (χ4v) is 1.34. The second-order valence-electron chi connectivity index (χ2n) is 3.62. The highest BCUT2D eigenvalue weighted by molar-refractivity contribution is 6.20. The van der Waals surface area contributed by atoms with Crippen LogP contribution < -0.4 is 5.32 Å². The van der Waals surface area contributed by atoms with Crippen LogP contribution in [0.15, 0.2) is 24.3 Å². The molecule has 2 N–H and O–H groups in total. The van der Waals surface area contributed by atoms with Crippen molar-refractivity contribution >= 4 is 17.5 Å². The monoisotopic (exact) mass is 241 g/mol. The molecule has 1 aromatic rings. The molecule has 0 aliphatic rings. The molecule has 3 nitrogen and oxygen atoms in total. The molecule has 88 valence electrons. The molecule has 1 amide bonds. The molecule has 1 unspecified atom stereocenters. The predicted octanol–water partition coefficient (Wildman–Crippen LogP) is 2.07. The van der Waals surface area contributed by atoms with Gasteiger partial charge in [0.05, 0.1) is 11.8 Å². The Labute approximate surface area is 100 Å². The van der Waals surface area contributed by atoms with Crippen molar-refractivity contribution in [1.29, 1.82) is 0 Å². The van der Waals surface area contributed by atoms with Gasteiger partial charge in [-0.2, -0.15) is 0 Å². The van der Waals surface area contributed by atoms with Crippen molar-refractivity contribution in [3.05, 3.63) is 29.8 Å². The summed E-state index contributed by atoms with van der Waals surface area (Å²) in [7, 11) is 0. The Bertz CT molecular complexity index is 355. The standard InChI is InChI=1S/C12H16ClNO2/c1-2-10(13)8-14-12(16)7-9-5-3-4-6-11(9)15/h3-6,10,15H,2,7-8H2,1H3,(H,14,16). The summed E-state index contributed by atoms with van der Waals surface area (Å²) in [6.07, 6.45) is 0.998. The van der Waals surface area contributed by atoms with Crippen molar-refractivity contribution < 1.29 is 9.90 Å². The number of benzene rings is 1. The van der Waals surface area contributed by atoms with Gasteiger partial charge in [0.25, 0.3) is 0 Å². The van der Waals surface area contributed by atoms with E-state index >= 15 is 0 Å². The summed E-state index contributed by atoms with van der Waals surface area (Å²) in [6, 6.07) is 6.81. The number of hydrogen-bond acceptors (Lipinski definition) is 2. The minimum absolute atomic E-state index is 0.0340. The van der Waals surface area contributed by atoms with Crippen LogP contribution in [-0.2, 0) is 11.2 Å². The lowest BCUT2D eigenvalue weighted by Crippen LogP contribution is -2.30. The highest BCUT2D eigenvalue weighted by Crippen LogP contribution is 2.15. The van der Waals surface area contributed by atoms with E-state index < -0.39 is 0 Å². The highest BCUT2D eigenvalue weighted by Gasteiger charge is 2.08. The summed E-state index contributed by atoms with van der Waals surface area (Å²) in [5.74, 6) is 0.0242. The maximum atomic E-state index is 11.5. The fraction of sp³-hybridized carbons (Fsp3) is 0.417. The van der Waals surface area contributed by atoms with Crippen LogP contribution >= 0.6 is 11.6 Å². The van der Waals surface area contributed by atoms with Gasteiger partial charge >= 0.3 is 0 Å². The predicted molar refractivity (Wildman–Crippen MR) is 64.8 cm³/mol. The zero-order valence-electron chi connectivity index (χ0n) is 9.24. The average molecular weight is 242 g/mol. The normalized spacial score (nSPS) is 12.1. The third-order valence-electron chi connectivity index (χ3n) is 2.31. The van der Waals surface area contributed by atoms with Crippen LogP contribution in [0.4, 0.5) is 0 Å². The second kappa shape index (κ2) is 6.38. The lowest BCUT2D eigenvalue weighted by atomic mass is 10.1. The van der Waals surface area contributed by atoms with Gasteiger partial charge in [-0.15, -0.1) is 11.6 Å². The van der Waals surface area contributed by atoms with Crippen LogP contribution in [0.25, 0.3) is 0 Å². The number of alkyl halides is 1. The van der Waals surface area contributed by atoms with Crippen LogP contribution in [0.3, 0.4) is 0 Å². The number of para-hydroxylation sites is 1. The van der Waals surface area contributed by atoms with E-state index in [0.717, 1.165) is 6.42 Å². The lowest BCUT2D eigenvalue weighted by molar-refractivity contribution is -0.120.